The van der Waals surface area contributed by atoms with Crippen LogP contribution in [0.25, 0.3) is 0 Å². The van der Waals surface area contributed by atoms with Gasteiger partial charge in [-0.05, 0) is 62.9 Å². The Hall–Kier alpha value is -0.610. The lowest BCUT2D eigenvalue weighted by molar-refractivity contribution is -0.121. The molecule has 1 aliphatic rings. The van der Waals surface area contributed by atoms with Crippen molar-refractivity contribution in [2.45, 2.75) is 52.4 Å². The lowest BCUT2D eigenvalue weighted by atomic mass is 9.92. The fraction of sp³-hybridized carbons (Fsp3) is 0.938. The number of carbonyl (C=O) groups is 1. The molecule has 0 aliphatic carbocycles. The zero-order chi connectivity index (χ0) is 14.8. The van der Waals surface area contributed by atoms with Crippen molar-refractivity contribution in [3.8, 4) is 0 Å². The third-order valence-corrected chi connectivity index (χ3v) is 4.17. The predicted molar refractivity (Wildman–Crippen MR) is 82.5 cm³/mol. The van der Waals surface area contributed by atoms with E-state index in [4.69, 9.17) is 5.11 Å². The van der Waals surface area contributed by atoms with Crippen molar-refractivity contribution >= 4 is 5.91 Å². The van der Waals surface area contributed by atoms with Gasteiger partial charge in [-0.3, -0.25) is 4.79 Å². The highest BCUT2D eigenvalue weighted by Gasteiger charge is 2.16. The van der Waals surface area contributed by atoms with Gasteiger partial charge in [0, 0.05) is 19.6 Å². The molecule has 4 nitrogen and oxygen atoms in total. The Morgan fingerprint density at radius 1 is 1.35 bits per heavy atom. The van der Waals surface area contributed by atoms with E-state index in [0.29, 0.717) is 30.7 Å². The molecule has 3 N–H and O–H groups in total. The first-order valence-electron chi connectivity index (χ1n) is 8.20. The van der Waals surface area contributed by atoms with Crippen LogP contribution in [0.5, 0.6) is 0 Å². The standard InChI is InChI=1S/C16H32N2O2/c1-13(2)11-15(7-10-19)12-18-16(20)4-3-14-5-8-17-9-6-14/h13-15,17,19H,3-12H2,1-2H3,(H,18,20). The summed E-state index contributed by atoms with van der Waals surface area (Å²) < 4.78 is 0. The van der Waals surface area contributed by atoms with Gasteiger partial charge in [-0.25, -0.2) is 0 Å². The number of rotatable bonds is 9. The molecule has 0 spiro atoms. The Labute approximate surface area is 123 Å². The summed E-state index contributed by atoms with van der Waals surface area (Å²) in [6.45, 7) is 7.48. The molecule has 1 fully saturated rings. The highest BCUT2D eigenvalue weighted by atomic mass is 16.3. The Kier molecular flexibility index (Phi) is 8.86. The zero-order valence-corrected chi connectivity index (χ0v) is 13.2. The maximum atomic E-state index is 11.9. The fourth-order valence-corrected chi connectivity index (χ4v) is 3.00. The summed E-state index contributed by atoms with van der Waals surface area (Å²) in [6.07, 6.45) is 5.92. The van der Waals surface area contributed by atoms with Gasteiger partial charge in [0.15, 0.2) is 0 Å². The normalized spacial score (nSPS) is 18.2. The molecule has 0 aromatic heterocycles. The number of piperidine rings is 1. The smallest absolute Gasteiger partial charge is 0.220 e. The van der Waals surface area contributed by atoms with Gasteiger partial charge in [0.25, 0.3) is 0 Å². The molecule has 0 bridgehead atoms. The minimum absolute atomic E-state index is 0.176. The van der Waals surface area contributed by atoms with Crippen LogP contribution in [0.15, 0.2) is 0 Å². The lowest BCUT2D eigenvalue weighted by Crippen LogP contribution is -2.32. The first-order chi connectivity index (χ1) is 9.61. The van der Waals surface area contributed by atoms with E-state index in [1.807, 2.05) is 0 Å². The number of aliphatic hydroxyl groups is 1. The SMILES string of the molecule is CC(C)CC(CCO)CNC(=O)CCC1CCNCC1. The number of aliphatic hydroxyl groups excluding tert-OH is 1. The predicted octanol–water partition coefficient (Wildman–Crippen LogP) is 1.93. The highest BCUT2D eigenvalue weighted by molar-refractivity contribution is 5.75. The van der Waals surface area contributed by atoms with E-state index in [2.05, 4.69) is 24.5 Å². The van der Waals surface area contributed by atoms with Gasteiger partial charge in [0.05, 0.1) is 0 Å². The Balaban J connectivity index is 2.16. The van der Waals surface area contributed by atoms with E-state index in [-0.39, 0.29) is 12.5 Å². The van der Waals surface area contributed by atoms with Crippen LogP contribution in [0.4, 0.5) is 0 Å². The zero-order valence-electron chi connectivity index (χ0n) is 13.2. The van der Waals surface area contributed by atoms with Gasteiger partial charge in [-0.15, -0.1) is 0 Å². The van der Waals surface area contributed by atoms with Crippen LogP contribution in [0.3, 0.4) is 0 Å². The minimum Gasteiger partial charge on any atom is -0.396 e. The number of carbonyl (C=O) groups excluding carboxylic acids is 1. The molecule has 4 heteroatoms. The minimum atomic E-state index is 0.176. The number of hydrogen-bond donors (Lipinski definition) is 3. The second-order valence-corrected chi connectivity index (χ2v) is 6.54. The van der Waals surface area contributed by atoms with Gasteiger partial charge in [-0.1, -0.05) is 13.8 Å². The third-order valence-electron chi connectivity index (χ3n) is 4.17. The van der Waals surface area contributed by atoms with Crippen molar-refractivity contribution in [2.75, 3.05) is 26.2 Å². The quantitative estimate of drug-likeness (QED) is 0.606. The van der Waals surface area contributed by atoms with E-state index < -0.39 is 0 Å². The molecule has 0 aromatic carbocycles. The summed E-state index contributed by atoms with van der Waals surface area (Å²) in [4.78, 5) is 11.9. The van der Waals surface area contributed by atoms with Crippen molar-refractivity contribution in [1.82, 2.24) is 10.6 Å². The van der Waals surface area contributed by atoms with E-state index >= 15 is 0 Å². The molecule has 1 amide bonds. The number of amides is 1. The first-order valence-corrected chi connectivity index (χ1v) is 8.20. The average Bonchev–Trinajstić information content (AvgIpc) is 2.43. The molecule has 118 valence electrons. The molecule has 1 atom stereocenters. The second-order valence-electron chi connectivity index (χ2n) is 6.54. The van der Waals surface area contributed by atoms with Crippen molar-refractivity contribution in [2.24, 2.45) is 17.8 Å². The molecular weight excluding hydrogens is 252 g/mol. The van der Waals surface area contributed by atoms with Crippen LogP contribution in [0, 0.1) is 17.8 Å². The van der Waals surface area contributed by atoms with Gasteiger partial charge < -0.3 is 15.7 Å². The second kappa shape index (κ2) is 10.2. The summed E-state index contributed by atoms with van der Waals surface area (Å²) in [5.74, 6) is 1.90. The Morgan fingerprint density at radius 2 is 2.05 bits per heavy atom. The first kappa shape index (κ1) is 17.4. The molecule has 0 radical (unpaired) electrons. The maximum Gasteiger partial charge on any atom is 0.220 e. The largest absolute Gasteiger partial charge is 0.396 e. The molecule has 0 saturated carbocycles. The van der Waals surface area contributed by atoms with Gasteiger partial charge in [0.1, 0.15) is 0 Å². The summed E-state index contributed by atoms with van der Waals surface area (Å²) in [5.41, 5.74) is 0. The van der Waals surface area contributed by atoms with Gasteiger partial charge in [0.2, 0.25) is 5.91 Å². The van der Waals surface area contributed by atoms with E-state index in [0.717, 1.165) is 32.4 Å². The average molecular weight is 284 g/mol. The third kappa shape index (κ3) is 7.85. The summed E-state index contributed by atoms with van der Waals surface area (Å²) in [5, 5.41) is 15.5. The van der Waals surface area contributed by atoms with Crippen molar-refractivity contribution in [3.05, 3.63) is 0 Å². The van der Waals surface area contributed by atoms with Crippen LogP contribution in [-0.2, 0) is 4.79 Å². The Morgan fingerprint density at radius 3 is 2.65 bits per heavy atom. The van der Waals surface area contributed by atoms with Crippen LogP contribution in [0.1, 0.15) is 52.4 Å². The van der Waals surface area contributed by atoms with Crippen LogP contribution in [-0.4, -0.2) is 37.3 Å². The molecule has 1 saturated heterocycles. The lowest BCUT2D eigenvalue weighted by Gasteiger charge is -2.22. The van der Waals surface area contributed by atoms with Crippen LogP contribution < -0.4 is 10.6 Å². The molecule has 1 unspecified atom stereocenters. The molecule has 20 heavy (non-hydrogen) atoms. The van der Waals surface area contributed by atoms with Crippen molar-refractivity contribution in [1.29, 1.82) is 0 Å². The summed E-state index contributed by atoms with van der Waals surface area (Å²) in [6, 6.07) is 0. The number of nitrogens with one attached hydrogen (secondary N) is 2. The molecule has 1 aliphatic heterocycles. The van der Waals surface area contributed by atoms with E-state index in [9.17, 15) is 4.79 Å². The van der Waals surface area contributed by atoms with Crippen LogP contribution in [0.2, 0.25) is 0 Å². The maximum absolute atomic E-state index is 11.9. The Bertz CT molecular complexity index is 263. The van der Waals surface area contributed by atoms with E-state index in [1.54, 1.807) is 0 Å². The molecular formula is C16H32N2O2. The summed E-state index contributed by atoms with van der Waals surface area (Å²) >= 11 is 0. The van der Waals surface area contributed by atoms with Crippen molar-refractivity contribution < 1.29 is 9.90 Å². The van der Waals surface area contributed by atoms with Crippen LogP contribution >= 0.6 is 0 Å². The van der Waals surface area contributed by atoms with Gasteiger partial charge >= 0.3 is 0 Å². The number of hydrogen-bond acceptors (Lipinski definition) is 3. The molecule has 1 rings (SSSR count). The van der Waals surface area contributed by atoms with E-state index in [1.165, 1.54) is 12.8 Å². The fourth-order valence-electron chi connectivity index (χ4n) is 3.00. The highest BCUT2D eigenvalue weighted by Crippen LogP contribution is 2.18. The van der Waals surface area contributed by atoms with Crippen molar-refractivity contribution in [3.63, 3.8) is 0 Å². The molecule has 0 aromatic rings. The molecule has 1 heterocycles. The topological polar surface area (TPSA) is 61.4 Å². The monoisotopic (exact) mass is 284 g/mol. The summed E-state index contributed by atoms with van der Waals surface area (Å²) in [7, 11) is 0. The van der Waals surface area contributed by atoms with Gasteiger partial charge in [-0.2, -0.15) is 0 Å².